The first-order chi connectivity index (χ1) is 11.2. The number of rotatable bonds is 4. The molecule has 0 aliphatic heterocycles. The highest BCUT2D eigenvalue weighted by molar-refractivity contribution is 6.00. The van der Waals surface area contributed by atoms with Gasteiger partial charge >= 0.3 is 0 Å². The molecule has 3 rings (SSSR count). The van der Waals surface area contributed by atoms with Crippen LogP contribution in [-0.4, -0.2) is 10.5 Å². The fraction of sp³-hybridized carbons (Fsp3) is 0.0526. The largest absolute Gasteiger partial charge is 0.343 e. The van der Waals surface area contributed by atoms with Crippen LogP contribution in [0.4, 0.5) is 5.69 Å². The van der Waals surface area contributed by atoms with Gasteiger partial charge in [0.1, 0.15) is 0 Å². The third kappa shape index (κ3) is 3.14. The van der Waals surface area contributed by atoms with Crippen LogP contribution in [0.25, 0.3) is 10.9 Å². The first-order valence-corrected chi connectivity index (χ1v) is 7.21. The number of amides is 1. The molecule has 0 bridgehead atoms. The van der Waals surface area contributed by atoms with E-state index in [1.807, 2.05) is 48.7 Å². The minimum absolute atomic E-state index is 0.225. The van der Waals surface area contributed by atoms with Crippen LogP contribution in [-0.2, 0) is 11.3 Å². The molecule has 0 aliphatic rings. The van der Waals surface area contributed by atoms with E-state index in [0.717, 1.165) is 22.2 Å². The number of hydrogen-bond acceptors (Lipinski definition) is 2. The van der Waals surface area contributed by atoms with Gasteiger partial charge in [-0.1, -0.05) is 18.7 Å². The minimum atomic E-state index is -0.225. The molecule has 1 heterocycles. The van der Waals surface area contributed by atoms with E-state index >= 15 is 0 Å². The second-order valence-corrected chi connectivity index (χ2v) is 5.22. The Morgan fingerprint density at radius 2 is 2.13 bits per heavy atom. The van der Waals surface area contributed by atoms with Crippen molar-refractivity contribution in [2.24, 2.45) is 0 Å². The lowest BCUT2D eigenvalue weighted by atomic mass is 10.1. The lowest BCUT2D eigenvalue weighted by Crippen LogP contribution is -2.07. The van der Waals surface area contributed by atoms with Crippen molar-refractivity contribution >= 4 is 22.5 Å². The maximum Gasteiger partial charge on any atom is 0.247 e. The predicted octanol–water partition coefficient (Wildman–Crippen LogP) is 3.69. The molecule has 4 heteroatoms. The van der Waals surface area contributed by atoms with E-state index in [0.29, 0.717) is 12.1 Å². The summed E-state index contributed by atoms with van der Waals surface area (Å²) in [4.78, 5) is 11.4. The molecule has 2 aromatic carbocycles. The van der Waals surface area contributed by atoms with Crippen molar-refractivity contribution in [3.8, 4) is 6.07 Å². The zero-order valence-corrected chi connectivity index (χ0v) is 12.5. The topological polar surface area (TPSA) is 57.8 Å². The van der Waals surface area contributed by atoms with Crippen LogP contribution in [0.2, 0.25) is 0 Å². The molecular weight excluding hydrogens is 286 g/mol. The van der Waals surface area contributed by atoms with Crippen LogP contribution in [0, 0.1) is 11.3 Å². The zero-order valence-electron chi connectivity index (χ0n) is 12.5. The zero-order chi connectivity index (χ0) is 16.2. The number of nitrogens with one attached hydrogen (secondary N) is 1. The number of hydrogen-bond donors (Lipinski definition) is 1. The number of aromatic nitrogens is 1. The summed E-state index contributed by atoms with van der Waals surface area (Å²) in [5, 5.41) is 12.8. The Balaban J connectivity index is 1.89. The van der Waals surface area contributed by atoms with Gasteiger partial charge in [0.15, 0.2) is 0 Å². The molecule has 0 spiro atoms. The number of benzene rings is 2. The molecule has 0 atom stereocenters. The summed E-state index contributed by atoms with van der Waals surface area (Å²) in [6.07, 6.45) is 3.25. The van der Waals surface area contributed by atoms with Crippen LogP contribution in [0.15, 0.2) is 67.4 Å². The Morgan fingerprint density at radius 3 is 2.91 bits per heavy atom. The van der Waals surface area contributed by atoms with Crippen LogP contribution in [0.5, 0.6) is 0 Å². The van der Waals surface area contributed by atoms with E-state index in [1.54, 1.807) is 6.07 Å². The first-order valence-electron chi connectivity index (χ1n) is 7.21. The van der Waals surface area contributed by atoms with Gasteiger partial charge in [0.05, 0.1) is 11.6 Å². The first kappa shape index (κ1) is 14.6. The molecule has 0 unspecified atom stereocenters. The number of carbonyl (C=O) groups excluding carboxylic acids is 1. The van der Waals surface area contributed by atoms with Gasteiger partial charge in [-0.2, -0.15) is 5.26 Å². The van der Waals surface area contributed by atoms with Crippen molar-refractivity contribution in [3.05, 3.63) is 78.5 Å². The van der Waals surface area contributed by atoms with E-state index in [2.05, 4.69) is 22.5 Å². The second-order valence-electron chi connectivity index (χ2n) is 5.22. The van der Waals surface area contributed by atoms with Gasteiger partial charge in [-0.25, -0.2) is 0 Å². The highest BCUT2D eigenvalue weighted by Crippen LogP contribution is 2.21. The van der Waals surface area contributed by atoms with E-state index < -0.39 is 0 Å². The van der Waals surface area contributed by atoms with Crippen molar-refractivity contribution in [3.63, 3.8) is 0 Å². The minimum Gasteiger partial charge on any atom is -0.343 e. The molecule has 23 heavy (non-hydrogen) atoms. The Morgan fingerprint density at radius 1 is 1.26 bits per heavy atom. The lowest BCUT2D eigenvalue weighted by molar-refractivity contribution is -0.111. The Hall–Kier alpha value is -3.32. The number of nitriles is 1. The standard InChI is InChI=1S/C19H15N3O/c1-2-19(23)21-17-6-7-18-16(11-17)8-9-22(18)13-15-5-3-4-14(10-15)12-20/h2-11H,1,13H2,(H,21,23). The molecule has 0 fully saturated rings. The van der Waals surface area contributed by atoms with Gasteiger partial charge in [-0.05, 0) is 48.0 Å². The number of carbonyl (C=O) groups is 1. The maximum atomic E-state index is 11.4. The van der Waals surface area contributed by atoms with Crippen LogP contribution in [0.3, 0.4) is 0 Å². The van der Waals surface area contributed by atoms with Crippen molar-refractivity contribution in [2.45, 2.75) is 6.54 Å². The van der Waals surface area contributed by atoms with Crippen LogP contribution in [0.1, 0.15) is 11.1 Å². The SMILES string of the molecule is C=CC(=O)Nc1ccc2c(ccn2Cc2cccc(C#N)c2)c1. The van der Waals surface area contributed by atoms with Gasteiger partial charge in [0.25, 0.3) is 0 Å². The van der Waals surface area contributed by atoms with Gasteiger partial charge in [-0.3, -0.25) is 4.79 Å². The molecule has 1 aromatic heterocycles. The van der Waals surface area contributed by atoms with Crippen molar-refractivity contribution in [2.75, 3.05) is 5.32 Å². The summed E-state index contributed by atoms with van der Waals surface area (Å²) < 4.78 is 2.12. The molecule has 0 saturated heterocycles. The van der Waals surface area contributed by atoms with E-state index in [4.69, 9.17) is 5.26 Å². The maximum absolute atomic E-state index is 11.4. The second kappa shape index (κ2) is 6.20. The smallest absolute Gasteiger partial charge is 0.247 e. The summed E-state index contributed by atoms with van der Waals surface area (Å²) in [5.74, 6) is -0.225. The normalized spacial score (nSPS) is 10.2. The summed E-state index contributed by atoms with van der Waals surface area (Å²) in [7, 11) is 0. The Kier molecular flexibility index (Phi) is 3.94. The summed E-state index contributed by atoms with van der Waals surface area (Å²) in [6.45, 7) is 4.14. The monoisotopic (exact) mass is 301 g/mol. The quantitative estimate of drug-likeness (QED) is 0.747. The summed E-state index contributed by atoms with van der Waals surface area (Å²) in [6, 6.07) is 17.5. The summed E-state index contributed by atoms with van der Waals surface area (Å²) in [5.41, 5.74) is 3.55. The third-order valence-corrected chi connectivity index (χ3v) is 3.63. The van der Waals surface area contributed by atoms with Crippen LogP contribution >= 0.6 is 0 Å². The van der Waals surface area contributed by atoms with Gasteiger partial charge in [0, 0.05) is 29.3 Å². The van der Waals surface area contributed by atoms with Crippen LogP contribution < -0.4 is 5.32 Å². The highest BCUT2D eigenvalue weighted by atomic mass is 16.1. The molecule has 0 radical (unpaired) electrons. The van der Waals surface area contributed by atoms with Crippen molar-refractivity contribution in [1.29, 1.82) is 5.26 Å². The molecule has 1 amide bonds. The Labute approximate surface area is 134 Å². The number of fused-ring (bicyclic) bond motifs is 1. The number of nitrogens with zero attached hydrogens (tertiary/aromatic N) is 2. The fourth-order valence-corrected chi connectivity index (χ4v) is 2.54. The molecule has 1 N–H and O–H groups in total. The Bertz CT molecular complexity index is 931. The average molecular weight is 301 g/mol. The third-order valence-electron chi connectivity index (χ3n) is 3.63. The molecule has 0 saturated carbocycles. The number of anilines is 1. The van der Waals surface area contributed by atoms with E-state index in [9.17, 15) is 4.79 Å². The molecule has 4 nitrogen and oxygen atoms in total. The fourth-order valence-electron chi connectivity index (χ4n) is 2.54. The van der Waals surface area contributed by atoms with Gasteiger partial charge < -0.3 is 9.88 Å². The molecule has 112 valence electrons. The lowest BCUT2D eigenvalue weighted by Gasteiger charge is -2.07. The van der Waals surface area contributed by atoms with Gasteiger partial charge in [-0.15, -0.1) is 0 Å². The van der Waals surface area contributed by atoms with Gasteiger partial charge in [0.2, 0.25) is 5.91 Å². The predicted molar refractivity (Wildman–Crippen MR) is 91.0 cm³/mol. The highest BCUT2D eigenvalue weighted by Gasteiger charge is 2.05. The average Bonchev–Trinajstić information content (AvgIpc) is 2.97. The molecule has 3 aromatic rings. The van der Waals surface area contributed by atoms with Crippen molar-refractivity contribution < 1.29 is 4.79 Å². The van der Waals surface area contributed by atoms with E-state index in [1.165, 1.54) is 6.08 Å². The van der Waals surface area contributed by atoms with Crippen molar-refractivity contribution in [1.82, 2.24) is 4.57 Å². The molecular formula is C19H15N3O. The molecule has 0 aliphatic carbocycles. The van der Waals surface area contributed by atoms with E-state index in [-0.39, 0.29) is 5.91 Å². The summed E-state index contributed by atoms with van der Waals surface area (Å²) >= 11 is 0.